The highest BCUT2D eigenvalue weighted by Gasteiger charge is 2.13. The zero-order valence-corrected chi connectivity index (χ0v) is 10.4. The standard InChI is InChI=1S/C12H18N2O2/c1-8-6-11(16-12(3,4)5)13-7-10(8)14-9(2)15/h6-7H,1-5H3,(H,14,15). The number of ether oxygens (including phenoxy) is 1. The molecule has 1 rings (SSSR count). The van der Waals surface area contributed by atoms with Gasteiger partial charge >= 0.3 is 0 Å². The van der Waals surface area contributed by atoms with Gasteiger partial charge < -0.3 is 10.1 Å². The Bertz CT molecular complexity index is 394. The summed E-state index contributed by atoms with van der Waals surface area (Å²) in [6, 6.07) is 1.82. The molecule has 1 N–H and O–H groups in total. The molecule has 0 atom stereocenters. The maximum absolute atomic E-state index is 10.9. The van der Waals surface area contributed by atoms with Gasteiger partial charge in [-0.2, -0.15) is 0 Å². The number of anilines is 1. The van der Waals surface area contributed by atoms with E-state index in [1.165, 1.54) is 6.92 Å². The highest BCUT2D eigenvalue weighted by atomic mass is 16.5. The van der Waals surface area contributed by atoms with Gasteiger partial charge in [0.2, 0.25) is 11.8 Å². The number of nitrogens with zero attached hydrogens (tertiary/aromatic N) is 1. The van der Waals surface area contributed by atoms with Gasteiger partial charge in [-0.15, -0.1) is 0 Å². The molecule has 0 aliphatic rings. The Labute approximate surface area is 96.0 Å². The highest BCUT2D eigenvalue weighted by Crippen LogP contribution is 2.21. The Balaban J connectivity index is 2.87. The van der Waals surface area contributed by atoms with E-state index in [9.17, 15) is 4.79 Å². The Morgan fingerprint density at radius 1 is 1.44 bits per heavy atom. The van der Waals surface area contributed by atoms with Crippen molar-refractivity contribution in [1.29, 1.82) is 0 Å². The third kappa shape index (κ3) is 3.88. The fourth-order valence-electron chi connectivity index (χ4n) is 1.22. The van der Waals surface area contributed by atoms with Crippen LogP contribution >= 0.6 is 0 Å². The van der Waals surface area contributed by atoms with Crippen molar-refractivity contribution in [3.8, 4) is 5.88 Å². The first kappa shape index (κ1) is 12.5. The van der Waals surface area contributed by atoms with Crippen molar-refractivity contribution in [2.75, 3.05) is 5.32 Å². The fourth-order valence-corrected chi connectivity index (χ4v) is 1.22. The summed E-state index contributed by atoms with van der Waals surface area (Å²) in [7, 11) is 0. The minimum Gasteiger partial charge on any atom is -0.472 e. The summed E-state index contributed by atoms with van der Waals surface area (Å²) in [6.45, 7) is 9.27. The molecule has 1 aromatic heterocycles. The second kappa shape index (κ2) is 4.51. The van der Waals surface area contributed by atoms with Gasteiger partial charge in [0.05, 0.1) is 11.9 Å². The lowest BCUT2D eigenvalue weighted by Crippen LogP contribution is -2.23. The average molecular weight is 222 g/mol. The molecule has 4 nitrogen and oxygen atoms in total. The summed E-state index contributed by atoms with van der Waals surface area (Å²) in [6.07, 6.45) is 1.61. The molecule has 0 fully saturated rings. The first-order valence-electron chi connectivity index (χ1n) is 5.21. The number of carbonyl (C=O) groups excluding carboxylic acids is 1. The zero-order chi connectivity index (χ0) is 12.3. The molecule has 4 heteroatoms. The van der Waals surface area contributed by atoms with E-state index in [1.54, 1.807) is 6.20 Å². The van der Waals surface area contributed by atoms with E-state index in [0.717, 1.165) is 5.56 Å². The zero-order valence-electron chi connectivity index (χ0n) is 10.4. The fraction of sp³-hybridized carbons (Fsp3) is 0.500. The molecule has 0 saturated heterocycles. The smallest absolute Gasteiger partial charge is 0.221 e. The van der Waals surface area contributed by atoms with E-state index in [2.05, 4.69) is 10.3 Å². The number of hydrogen-bond donors (Lipinski definition) is 1. The molecule has 0 aromatic carbocycles. The normalized spacial score (nSPS) is 11.1. The van der Waals surface area contributed by atoms with Crippen molar-refractivity contribution in [3.63, 3.8) is 0 Å². The second-order valence-corrected chi connectivity index (χ2v) is 4.73. The number of rotatable bonds is 2. The first-order valence-corrected chi connectivity index (χ1v) is 5.21. The van der Waals surface area contributed by atoms with E-state index in [4.69, 9.17) is 4.74 Å². The second-order valence-electron chi connectivity index (χ2n) is 4.73. The van der Waals surface area contributed by atoms with Crippen molar-refractivity contribution in [3.05, 3.63) is 17.8 Å². The Morgan fingerprint density at radius 2 is 2.06 bits per heavy atom. The molecule has 0 bridgehead atoms. The molecule has 16 heavy (non-hydrogen) atoms. The Hall–Kier alpha value is -1.58. The van der Waals surface area contributed by atoms with Crippen LogP contribution in [-0.4, -0.2) is 16.5 Å². The van der Waals surface area contributed by atoms with Crippen LogP contribution in [0.4, 0.5) is 5.69 Å². The Kier molecular flexibility index (Phi) is 3.52. The molecule has 0 radical (unpaired) electrons. The molecule has 88 valence electrons. The number of aromatic nitrogens is 1. The van der Waals surface area contributed by atoms with Crippen molar-refractivity contribution >= 4 is 11.6 Å². The number of pyridine rings is 1. The van der Waals surface area contributed by atoms with E-state index in [-0.39, 0.29) is 11.5 Å². The summed E-state index contributed by atoms with van der Waals surface area (Å²) < 4.78 is 5.62. The van der Waals surface area contributed by atoms with Crippen LogP contribution < -0.4 is 10.1 Å². The lowest BCUT2D eigenvalue weighted by atomic mass is 10.2. The van der Waals surface area contributed by atoms with E-state index in [0.29, 0.717) is 11.6 Å². The van der Waals surface area contributed by atoms with Crippen LogP contribution in [0.5, 0.6) is 5.88 Å². The molecule has 0 saturated carbocycles. The molecule has 1 heterocycles. The maximum atomic E-state index is 10.9. The number of carbonyl (C=O) groups is 1. The van der Waals surface area contributed by atoms with Crippen LogP contribution in [0.15, 0.2) is 12.3 Å². The highest BCUT2D eigenvalue weighted by molar-refractivity contribution is 5.89. The summed E-state index contributed by atoms with van der Waals surface area (Å²) >= 11 is 0. The predicted molar refractivity (Wildman–Crippen MR) is 63.7 cm³/mol. The quantitative estimate of drug-likeness (QED) is 0.836. The third-order valence-electron chi connectivity index (χ3n) is 1.81. The summed E-state index contributed by atoms with van der Waals surface area (Å²) in [5.41, 5.74) is 1.38. The summed E-state index contributed by atoms with van der Waals surface area (Å²) in [5.74, 6) is 0.466. The summed E-state index contributed by atoms with van der Waals surface area (Å²) in [4.78, 5) is 15.0. The minimum absolute atomic E-state index is 0.102. The molecule has 0 aliphatic heterocycles. The molecular formula is C12H18N2O2. The van der Waals surface area contributed by atoms with Gasteiger partial charge in [0.25, 0.3) is 0 Å². The van der Waals surface area contributed by atoms with Crippen LogP contribution in [0, 0.1) is 6.92 Å². The van der Waals surface area contributed by atoms with E-state index >= 15 is 0 Å². The monoisotopic (exact) mass is 222 g/mol. The van der Waals surface area contributed by atoms with Gasteiger partial charge in [0.15, 0.2) is 0 Å². The molecule has 1 aromatic rings. The van der Waals surface area contributed by atoms with Gasteiger partial charge in [0, 0.05) is 13.0 Å². The van der Waals surface area contributed by atoms with Gasteiger partial charge in [-0.3, -0.25) is 4.79 Å². The first-order chi connectivity index (χ1) is 7.28. The molecule has 1 amide bonds. The van der Waals surface area contributed by atoms with Crippen molar-refractivity contribution in [2.24, 2.45) is 0 Å². The molecule has 0 aliphatic carbocycles. The van der Waals surface area contributed by atoms with Gasteiger partial charge in [-0.25, -0.2) is 4.98 Å². The van der Waals surface area contributed by atoms with Crippen LogP contribution in [0.3, 0.4) is 0 Å². The SMILES string of the molecule is CC(=O)Nc1cnc(OC(C)(C)C)cc1C. The van der Waals surface area contributed by atoms with Crippen LogP contribution in [-0.2, 0) is 4.79 Å². The lowest BCUT2D eigenvalue weighted by Gasteiger charge is -2.20. The third-order valence-corrected chi connectivity index (χ3v) is 1.81. The van der Waals surface area contributed by atoms with E-state index in [1.807, 2.05) is 33.8 Å². The number of amides is 1. The van der Waals surface area contributed by atoms with E-state index < -0.39 is 0 Å². The number of nitrogens with one attached hydrogen (secondary N) is 1. The molecule has 0 unspecified atom stereocenters. The van der Waals surface area contributed by atoms with Crippen LogP contribution in [0.2, 0.25) is 0 Å². The minimum atomic E-state index is -0.269. The largest absolute Gasteiger partial charge is 0.472 e. The van der Waals surface area contributed by atoms with Crippen LogP contribution in [0.1, 0.15) is 33.3 Å². The molecular weight excluding hydrogens is 204 g/mol. The van der Waals surface area contributed by atoms with Gasteiger partial charge in [-0.1, -0.05) is 0 Å². The predicted octanol–water partition coefficient (Wildman–Crippen LogP) is 2.53. The van der Waals surface area contributed by atoms with Crippen molar-refractivity contribution < 1.29 is 9.53 Å². The number of hydrogen-bond acceptors (Lipinski definition) is 3. The van der Waals surface area contributed by atoms with Crippen molar-refractivity contribution in [1.82, 2.24) is 4.98 Å². The lowest BCUT2D eigenvalue weighted by molar-refractivity contribution is -0.114. The van der Waals surface area contributed by atoms with Crippen molar-refractivity contribution in [2.45, 2.75) is 40.2 Å². The summed E-state index contributed by atoms with van der Waals surface area (Å²) in [5, 5.41) is 2.71. The average Bonchev–Trinajstić information content (AvgIpc) is 2.06. The number of aryl methyl sites for hydroxylation is 1. The van der Waals surface area contributed by atoms with Gasteiger partial charge in [0.1, 0.15) is 5.60 Å². The maximum Gasteiger partial charge on any atom is 0.221 e. The van der Waals surface area contributed by atoms with Gasteiger partial charge in [-0.05, 0) is 33.3 Å². The Morgan fingerprint density at radius 3 is 2.50 bits per heavy atom. The van der Waals surface area contributed by atoms with Crippen LogP contribution in [0.25, 0.3) is 0 Å². The topological polar surface area (TPSA) is 51.2 Å². The molecule has 0 spiro atoms.